The molecule has 3 heteroatoms. The molecule has 0 bridgehead atoms. The topological polar surface area (TPSA) is 38.5 Å². The van der Waals surface area contributed by atoms with Crippen LogP contribution in [0.25, 0.3) is 0 Å². The number of hydrogen-bond donors (Lipinski definition) is 1. The molecule has 15 heavy (non-hydrogen) atoms. The minimum Gasteiger partial charge on any atom is -0.383 e. The van der Waals surface area contributed by atoms with E-state index in [9.17, 15) is 0 Å². The highest BCUT2D eigenvalue weighted by atomic mass is 16.5. The number of ether oxygens (including phenoxy) is 1. The van der Waals surface area contributed by atoms with Crippen molar-refractivity contribution in [2.24, 2.45) is 5.73 Å². The predicted octanol–water partition coefficient (Wildman–Crippen LogP) is 1.86. The van der Waals surface area contributed by atoms with Crippen molar-refractivity contribution >= 4 is 0 Å². The number of rotatable bonds is 8. The molecule has 2 atom stereocenters. The van der Waals surface area contributed by atoms with E-state index < -0.39 is 0 Å². The summed E-state index contributed by atoms with van der Waals surface area (Å²) in [5.41, 5.74) is 5.96. The van der Waals surface area contributed by atoms with Gasteiger partial charge in [0, 0.05) is 19.7 Å². The Morgan fingerprint density at radius 2 is 1.93 bits per heavy atom. The fourth-order valence-electron chi connectivity index (χ4n) is 2.31. The van der Waals surface area contributed by atoms with Crippen molar-refractivity contribution in [3.05, 3.63) is 0 Å². The van der Waals surface area contributed by atoms with Crippen molar-refractivity contribution in [2.75, 3.05) is 26.8 Å². The van der Waals surface area contributed by atoms with Crippen LogP contribution in [-0.4, -0.2) is 43.3 Å². The van der Waals surface area contributed by atoms with Crippen molar-refractivity contribution in [1.29, 1.82) is 0 Å². The van der Waals surface area contributed by atoms with Crippen molar-refractivity contribution in [3.63, 3.8) is 0 Å². The van der Waals surface area contributed by atoms with Crippen LogP contribution in [0.4, 0.5) is 0 Å². The monoisotopic (exact) mass is 216 g/mol. The largest absolute Gasteiger partial charge is 0.383 e. The summed E-state index contributed by atoms with van der Waals surface area (Å²) in [6.07, 6.45) is 2.19. The quantitative estimate of drug-likeness (QED) is 0.673. The van der Waals surface area contributed by atoms with E-state index in [2.05, 4.69) is 32.6 Å². The van der Waals surface area contributed by atoms with Crippen molar-refractivity contribution in [1.82, 2.24) is 4.90 Å². The summed E-state index contributed by atoms with van der Waals surface area (Å²) in [4.78, 5) is 2.48. The van der Waals surface area contributed by atoms with Crippen LogP contribution in [0.1, 0.15) is 40.5 Å². The van der Waals surface area contributed by atoms with Gasteiger partial charge in [-0.05, 0) is 26.3 Å². The maximum atomic E-state index is 5.95. The number of hydrogen-bond acceptors (Lipinski definition) is 3. The van der Waals surface area contributed by atoms with Crippen LogP contribution >= 0.6 is 0 Å². The van der Waals surface area contributed by atoms with Gasteiger partial charge in [0.25, 0.3) is 0 Å². The fourth-order valence-corrected chi connectivity index (χ4v) is 2.31. The zero-order valence-corrected chi connectivity index (χ0v) is 11.0. The highest BCUT2D eigenvalue weighted by molar-refractivity contribution is 4.92. The summed E-state index contributed by atoms with van der Waals surface area (Å²) in [6.45, 7) is 11.3. The first-order valence-corrected chi connectivity index (χ1v) is 6.07. The highest BCUT2D eigenvalue weighted by Gasteiger charge is 2.35. The van der Waals surface area contributed by atoms with E-state index in [-0.39, 0.29) is 5.54 Å². The Bertz CT molecular complexity index is 158. The Balaban J connectivity index is 4.81. The molecule has 0 saturated heterocycles. The maximum Gasteiger partial charge on any atom is 0.0659 e. The second-order valence-electron chi connectivity index (χ2n) is 4.26. The number of nitrogens with zero attached hydrogens (tertiary/aromatic N) is 1. The first-order valence-electron chi connectivity index (χ1n) is 6.07. The number of methoxy groups -OCH3 is 1. The minimum atomic E-state index is 0.0128. The molecule has 3 nitrogen and oxygen atoms in total. The number of nitrogens with two attached hydrogens (primary N) is 1. The molecular weight excluding hydrogens is 188 g/mol. The van der Waals surface area contributed by atoms with Gasteiger partial charge >= 0.3 is 0 Å². The molecule has 0 radical (unpaired) electrons. The van der Waals surface area contributed by atoms with Crippen LogP contribution in [0, 0.1) is 0 Å². The Hall–Kier alpha value is -0.120. The number of likely N-dealkylation sites (N-methyl/N-ethyl adjacent to an activating group) is 1. The molecule has 0 saturated carbocycles. The summed E-state index contributed by atoms with van der Waals surface area (Å²) >= 11 is 0. The van der Waals surface area contributed by atoms with Gasteiger partial charge in [-0.25, -0.2) is 0 Å². The van der Waals surface area contributed by atoms with Gasteiger partial charge in [0.05, 0.1) is 12.1 Å². The van der Waals surface area contributed by atoms with Gasteiger partial charge in [0.1, 0.15) is 0 Å². The normalized spacial score (nSPS) is 17.8. The van der Waals surface area contributed by atoms with E-state index in [1.165, 1.54) is 0 Å². The lowest BCUT2D eigenvalue weighted by Gasteiger charge is -2.45. The van der Waals surface area contributed by atoms with Gasteiger partial charge < -0.3 is 10.5 Å². The van der Waals surface area contributed by atoms with Crippen LogP contribution in [0.3, 0.4) is 0 Å². The smallest absolute Gasteiger partial charge is 0.0659 e. The second-order valence-corrected chi connectivity index (χ2v) is 4.26. The van der Waals surface area contributed by atoms with Gasteiger partial charge in [-0.2, -0.15) is 0 Å². The molecule has 0 aliphatic heterocycles. The van der Waals surface area contributed by atoms with Gasteiger partial charge in [-0.3, -0.25) is 4.90 Å². The standard InChI is InChI=1S/C12H28N2O/c1-6-11(4)14(8-3)12(7-2,9-13)10-15-5/h11H,6-10,13H2,1-5H3. The SMILES string of the molecule is CCC(C)N(CC)C(CC)(CN)COC. The van der Waals surface area contributed by atoms with Crippen LogP contribution in [0.15, 0.2) is 0 Å². The molecule has 0 spiro atoms. The molecule has 0 heterocycles. The zero-order chi connectivity index (χ0) is 11.9. The zero-order valence-electron chi connectivity index (χ0n) is 11.0. The van der Waals surface area contributed by atoms with Crippen molar-refractivity contribution in [3.8, 4) is 0 Å². The molecule has 92 valence electrons. The van der Waals surface area contributed by atoms with Gasteiger partial charge in [0.2, 0.25) is 0 Å². The van der Waals surface area contributed by atoms with Crippen LogP contribution in [-0.2, 0) is 4.74 Å². The lowest BCUT2D eigenvalue weighted by Crippen LogP contribution is -2.59. The van der Waals surface area contributed by atoms with E-state index in [0.29, 0.717) is 12.6 Å². The second kappa shape index (κ2) is 7.20. The average Bonchev–Trinajstić information content (AvgIpc) is 2.28. The minimum absolute atomic E-state index is 0.0128. The molecule has 0 fully saturated rings. The molecule has 0 aromatic carbocycles. The van der Waals surface area contributed by atoms with Crippen LogP contribution in [0.5, 0.6) is 0 Å². The molecule has 0 rings (SSSR count). The highest BCUT2D eigenvalue weighted by Crippen LogP contribution is 2.23. The van der Waals surface area contributed by atoms with E-state index in [0.717, 1.165) is 26.0 Å². The molecule has 2 N–H and O–H groups in total. The fraction of sp³-hybridized carbons (Fsp3) is 1.00. The van der Waals surface area contributed by atoms with Crippen LogP contribution < -0.4 is 5.73 Å². The first kappa shape index (κ1) is 14.9. The van der Waals surface area contributed by atoms with Gasteiger partial charge in [-0.15, -0.1) is 0 Å². The molecule has 0 amide bonds. The summed E-state index contributed by atoms with van der Waals surface area (Å²) < 4.78 is 5.34. The third-order valence-corrected chi connectivity index (χ3v) is 3.52. The lowest BCUT2D eigenvalue weighted by molar-refractivity contribution is -0.00857. The summed E-state index contributed by atoms with van der Waals surface area (Å²) in [5, 5.41) is 0. The third-order valence-electron chi connectivity index (χ3n) is 3.52. The Morgan fingerprint density at radius 1 is 1.33 bits per heavy atom. The first-order chi connectivity index (χ1) is 7.11. The average molecular weight is 216 g/mol. The van der Waals surface area contributed by atoms with Gasteiger partial charge in [0.15, 0.2) is 0 Å². The molecule has 0 aromatic rings. The van der Waals surface area contributed by atoms with E-state index in [4.69, 9.17) is 10.5 Å². The van der Waals surface area contributed by atoms with Crippen molar-refractivity contribution < 1.29 is 4.74 Å². The molecule has 0 aromatic heterocycles. The van der Waals surface area contributed by atoms with E-state index in [1.807, 2.05) is 0 Å². The maximum absolute atomic E-state index is 5.95. The van der Waals surface area contributed by atoms with E-state index >= 15 is 0 Å². The Labute approximate surface area is 95.0 Å². The van der Waals surface area contributed by atoms with E-state index in [1.54, 1.807) is 7.11 Å². The van der Waals surface area contributed by atoms with Crippen LogP contribution in [0.2, 0.25) is 0 Å². The summed E-state index contributed by atoms with van der Waals surface area (Å²) in [6, 6.07) is 0.564. The lowest BCUT2D eigenvalue weighted by atomic mass is 9.92. The van der Waals surface area contributed by atoms with Gasteiger partial charge in [-0.1, -0.05) is 20.8 Å². The van der Waals surface area contributed by atoms with Crippen molar-refractivity contribution in [2.45, 2.75) is 52.1 Å². The molecule has 2 unspecified atom stereocenters. The molecular formula is C12H28N2O. The summed E-state index contributed by atoms with van der Waals surface area (Å²) in [7, 11) is 1.75. The molecule has 0 aliphatic carbocycles. The molecule has 0 aliphatic rings. The summed E-state index contributed by atoms with van der Waals surface area (Å²) in [5.74, 6) is 0. The third kappa shape index (κ3) is 3.44. The Kier molecular flexibility index (Phi) is 7.14. The Morgan fingerprint density at radius 3 is 2.20 bits per heavy atom. The predicted molar refractivity (Wildman–Crippen MR) is 66.1 cm³/mol.